The zero-order valence-corrected chi connectivity index (χ0v) is 39.5. The highest BCUT2D eigenvalue weighted by molar-refractivity contribution is 7.85. The summed E-state index contributed by atoms with van der Waals surface area (Å²) in [5, 5.41) is 30.9. The van der Waals surface area contributed by atoms with Crippen molar-refractivity contribution >= 4 is 22.1 Å². The van der Waals surface area contributed by atoms with Gasteiger partial charge >= 0.3 is 11.9 Å². The van der Waals surface area contributed by atoms with Crippen LogP contribution in [0.2, 0.25) is 0 Å². The second kappa shape index (κ2) is 39.3. The molecule has 0 saturated carbocycles. The van der Waals surface area contributed by atoms with Crippen molar-refractivity contribution in [2.45, 2.75) is 243 Å². The van der Waals surface area contributed by atoms with Gasteiger partial charge < -0.3 is 34.3 Å². The minimum Gasteiger partial charge on any atom is -0.462 e. The first-order chi connectivity index (χ1) is 30.0. The maximum atomic E-state index is 12.8. The molecule has 13 heteroatoms. The van der Waals surface area contributed by atoms with Crippen LogP contribution in [0.15, 0.2) is 36.5 Å². The lowest BCUT2D eigenvalue weighted by atomic mass is 10.00. The van der Waals surface area contributed by atoms with Crippen molar-refractivity contribution < 1.29 is 56.8 Å². The van der Waals surface area contributed by atoms with Crippen LogP contribution in [0.5, 0.6) is 0 Å². The molecule has 1 rings (SSSR count). The Bertz CT molecular complexity index is 1290. The van der Waals surface area contributed by atoms with Gasteiger partial charge in [-0.2, -0.15) is 8.42 Å². The lowest BCUT2D eigenvalue weighted by molar-refractivity contribution is -0.297. The van der Waals surface area contributed by atoms with Crippen LogP contribution in [-0.2, 0) is 38.7 Å². The van der Waals surface area contributed by atoms with Crippen LogP contribution in [0.25, 0.3) is 0 Å². The first-order valence-electron chi connectivity index (χ1n) is 24.5. The average molecular weight is 901 g/mol. The van der Waals surface area contributed by atoms with Gasteiger partial charge in [-0.05, 0) is 64.2 Å². The minimum atomic E-state index is -4.61. The molecule has 1 heterocycles. The second-order valence-corrected chi connectivity index (χ2v) is 18.6. The summed E-state index contributed by atoms with van der Waals surface area (Å²) < 4.78 is 54.0. The molecule has 62 heavy (non-hydrogen) atoms. The van der Waals surface area contributed by atoms with Crippen molar-refractivity contribution in [1.82, 2.24) is 0 Å². The maximum Gasteiger partial charge on any atom is 0.306 e. The van der Waals surface area contributed by atoms with Gasteiger partial charge in [0.1, 0.15) is 36.8 Å². The van der Waals surface area contributed by atoms with E-state index in [0.29, 0.717) is 19.3 Å². The minimum absolute atomic E-state index is 0.103. The lowest BCUT2D eigenvalue weighted by Crippen LogP contribution is -2.60. The van der Waals surface area contributed by atoms with Crippen LogP contribution in [0, 0.1) is 0 Å². The van der Waals surface area contributed by atoms with Crippen molar-refractivity contribution in [2.75, 3.05) is 19.0 Å². The van der Waals surface area contributed by atoms with Gasteiger partial charge in [0.25, 0.3) is 10.1 Å². The molecule has 0 radical (unpaired) electrons. The monoisotopic (exact) mass is 901 g/mol. The molecule has 6 atom stereocenters. The predicted molar refractivity (Wildman–Crippen MR) is 247 cm³/mol. The Morgan fingerprint density at radius 3 is 1.48 bits per heavy atom. The van der Waals surface area contributed by atoms with Crippen molar-refractivity contribution in [3.05, 3.63) is 36.5 Å². The highest BCUT2D eigenvalue weighted by atomic mass is 32.2. The van der Waals surface area contributed by atoms with E-state index in [1.807, 2.05) is 6.08 Å². The number of esters is 2. The molecule has 4 N–H and O–H groups in total. The first-order valence-corrected chi connectivity index (χ1v) is 26.2. The fourth-order valence-electron chi connectivity index (χ4n) is 7.33. The summed E-state index contributed by atoms with van der Waals surface area (Å²) in [4.78, 5) is 25.4. The normalized spacial score (nSPS) is 20.1. The van der Waals surface area contributed by atoms with Crippen molar-refractivity contribution in [2.24, 2.45) is 0 Å². The number of carbonyl (C=O) groups excluding carboxylic acids is 2. The zero-order valence-electron chi connectivity index (χ0n) is 38.7. The Morgan fingerprint density at radius 1 is 0.532 bits per heavy atom. The number of allylic oxidation sites excluding steroid dienone is 6. The van der Waals surface area contributed by atoms with Gasteiger partial charge in [0.05, 0.1) is 6.61 Å². The second-order valence-electron chi connectivity index (χ2n) is 17.1. The Kier molecular flexibility index (Phi) is 36.6. The zero-order chi connectivity index (χ0) is 45.5. The predicted octanol–water partition coefficient (Wildman–Crippen LogP) is 10.6. The summed E-state index contributed by atoms with van der Waals surface area (Å²) in [7, 11) is -4.61. The van der Waals surface area contributed by atoms with Gasteiger partial charge in [-0.25, -0.2) is 0 Å². The molecule has 1 saturated heterocycles. The standard InChI is InChI=1S/C49H88O12S/c1-3-5-7-9-11-13-15-16-17-18-19-20-21-22-23-24-25-26-28-30-32-34-36-38-45(51)60-42(39-58-44(50)37-35-33-31-29-27-14-12-10-8-6-4-2)40-59-49-48(54)47(53)46(52)43(61-49)41-62(55,56)57/h10,12,24-25,30,32,42-43,46-49,52-54H,3-9,11,13-23,26-29,31,33-41H2,1-2H3,(H,55,56,57)/b12-10+,25-24+,32-30+/t42-,43-,46-,47?,48?,49+/m1/s1. The molecular formula is C49H88O12S. The number of rotatable bonds is 41. The molecule has 0 spiro atoms. The van der Waals surface area contributed by atoms with Crippen LogP contribution in [0.3, 0.4) is 0 Å². The van der Waals surface area contributed by atoms with Crippen LogP contribution in [-0.4, -0.2) is 96.0 Å². The summed E-state index contributed by atoms with van der Waals surface area (Å²) in [5.41, 5.74) is 0. The molecule has 2 unspecified atom stereocenters. The molecular weight excluding hydrogens is 813 g/mol. The third-order valence-corrected chi connectivity index (χ3v) is 11.9. The van der Waals surface area contributed by atoms with Gasteiger partial charge in [0, 0.05) is 12.8 Å². The van der Waals surface area contributed by atoms with E-state index >= 15 is 0 Å². The number of aliphatic hydroxyl groups excluding tert-OH is 3. The van der Waals surface area contributed by atoms with E-state index in [9.17, 15) is 37.9 Å². The van der Waals surface area contributed by atoms with Crippen LogP contribution in [0.1, 0.15) is 206 Å². The molecule has 0 amide bonds. The summed E-state index contributed by atoms with van der Waals surface area (Å²) >= 11 is 0. The summed E-state index contributed by atoms with van der Waals surface area (Å²) in [6.45, 7) is 3.69. The number of carbonyl (C=O) groups is 2. The van der Waals surface area contributed by atoms with Gasteiger partial charge in [-0.3, -0.25) is 14.1 Å². The van der Waals surface area contributed by atoms with Crippen molar-refractivity contribution in [3.63, 3.8) is 0 Å². The molecule has 0 aromatic rings. The molecule has 1 aliphatic rings. The van der Waals surface area contributed by atoms with Gasteiger partial charge in [0.15, 0.2) is 12.4 Å². The van der Waals surface area contributed by atoms with Crippen LogP contribution in [0.4, 0.5) is 0 Å². The van der Waals surface area contributed by atoms with E-state index in [2.05, 4.69) is 44.2 Å². The Balaban J connectivity index is 2.39. The first kappa shape index (κ1) is 57.9. The summed E-state index contributed by atoms with van der Waals surface area (Å²) in [6, 6.07) is 0. The number of unbranched alkanes of at least 4 members (excludes halogenated alkanes) is 23. The Hall–Kier alpha value is -2.13. The van der Waals surface area contributed by atoms with Crippen molar-refractivity contribution in [3.8, 4) is 0 Å². The molecule has 0 aliphatic carbocycles. The summed E-state index contributed by atoms with van der Waals surface area (Å²) in [6.07, 6.45) is 36.4. The SMILES string of the molecule is CCCC/C=C/CCCCCCCC(=O)OC[C@H](CO[C@H]1O[C@H](CS(=O)(=O)O)[C@@H](O)C(O)C1O)OC(=O)CCC/C=C/CC/C=C/CCCCCCCCCCCCCCCC. The number of hydrogen-bond donors (Lipinski definition) is 4. The smallest absolute Gasteiger partial charge is 0.306 e. The van der Waals surface area contributed by atoms with Gasteiger partial charge in [-0.15, -0.1) is 0 Å². The van der Waals surface area contributed by atoms with E-state index < -0.39 is 71.2 Å². The van der Waals surface area contributed by atoms with E-state index in [-0.39, 0.29) is 19.4 Å². The Morgan fingerprint density at radius 2 is 0.968 bits per heavy atom. The molecule has 0 aromatic carbocycles. The van der Waals surface area contributed by atoms with Gasteiger partial charge in [0.2, 0.25) is 0 Å². The fourth-order valence-corrected chi connectivity index (χ4v) is 8.02. The van der Waals surface area contributed by atoms with Crippen LogP contribution >= 0.6 is 0 Å². The molecule has 0 aromatic heterocycles. The molecule has 12 nitrogen and oxygen atoms in total. The maximum absolute atomic E-state index is 12.8. The highest BCUT2D eigenvalue weighted by Crippen LogP contribution is 2.24. The largest absolute Gasteiger partial charge is 0.462 e. The Labute approximate surface area is 376 Å². The lowest BCUT2D eigenvalue weighted by Gasteiger charge is -2.40. The van der Waals surface area contributed by atoms with Crippen molar-refractivity contribution in [1.29, 1.82) is 0 Å². The number of aliphatic hydroxyl groups is 3. The van der Waals surface area contributed by atoms with E-state index in [4.69, 9.17) is 18.9 Å². The number of ether oxygens (including phenoxy) is 4. The molecule has 1 fully saturated rings. The fraction of sp³-hybridized carbons (Fsp3) is 0.837. The molecule has 0 bridgehead atoms. The number of hydrogen-bond acceptors (Lipinski definition) is 11. The van der Waals surface area contributed by atoms with Gasteiger partial charge in [-0.1, -0.05) is 166 Å². The van der Waals surface area contributed by atoms with E-state index in [1.54, 1.807) is 0 Å². The summed E-state index contributed by atoms with van der Waals surface area (Å²) in [5.74, 6) is -2.05. The van der Waals surface area contributed by atoms with E-state index in [0.717, 1.165) is 57.8 Å². The quantitative estimate of drug-likeness (QED) is 0.0197. The highest BCUT2D eigenvalue weighted by Gasteiger charge is 2.46. The van der Waals surface area contributed by atoms with Crippen LogP contribution < -0.4 is 0 Å². The average Bonchev–Trinajstić information content (AvgIpc) is 3.24. The van der Waals surface area contributed by atoms with E-state index in [1.165, 1.54) is 103 Å². The molecule has 362 valence electrons. The third-order valence-electron chi connectivity index (χ3n) is 11.2. The topological polar surface area (TPSA) is 186 Å². The molecule has 1 aliphatic heterocycles. The third kappa shape index (κ3) is 33.4.